The summed E-state index contributed by atoms with van der Waals surface area (Å²) in [6.07, 6.45) is -5.11. The van der Waals surface area contributed by atoms with Gasteiger partial charge >= 0.3 is 12.3 Å². The predicted molar refractivity (Wildman–Crippen MR) is 73.5 cm³/mol. The van der Waals surface area contributed by atoms with E-state index in [4.69, 9.17) is 16.3 Å². The van der Waals surface area contributed by atoms with Gasteiger partial charge in [0.2, 0.25) is 5.88 Å². The zero-order chi connectivity index (χ0) is 15.3. The molecule has 0 N–H and O–H groups in total. The number of alkyl halides is 4. The Morgan fingerprint density at radius 1 is 1.50 bits per heavy atom. The molecule has 0 spiro atoms. The number of halogens is 5. The lowest BCUT2D eigenvalue weighted by atomic mass is 10.1. The van der Waals surface area contributed by atoms with Crippen LogP contribution >= 0.6 is 34.2 Å². The van der Waals surface area contributed by atoms with E-state index < -0.39 is 18.2 Å². The fraction of sp³-hybridized carbons (Fsp3) is 0.455. The van der Waals surface area contributed by atoms with E-state index in [1.54, 1.807) is 6.92 Å². The monoisotopic (exact) mass is 423 g/mol. The molecule has 0 atom stereocenters. The van der Waals surface area contributed by atoms with Crippen molar-refractivity contribution in [1.82, 2.24) is 4.98 Å². The standard InChI is InChI=1S/C11H10ClF3INO3/c1-2-19-10(18)4-8-6(5-12)7(16)3-9(17-8)20-11(13,14)15/h3H,2,4-5H2,1H3. The molecule has 0 saturated carbocycles. The van der Waals surface area contributed by atoms with Gasteiger partial charge in [0.05, 0.1) is 24.6 Å². The van der Waals surface area contributed by atoms with Gasteiger partial charge in [0, 0.05) is 15.2 Å². The quantitative estimate of drug-likeness (QED) is 0.414. The molecule has 112 valence electrons. The molecule has 1 aromatic rings. The number of pyridine rings is 1. The number of esters is 1. The van der Waals surface area contributed by atoms with Gasteiger partial charge < -0.3 is 9.47 Å². The van der Waals surface area contributed by atoms with Gasteiger partial charge in [-0.05, 0) is 29.5 Å². The Hall–Kier alpha value is -0.770. The smallest absolute Gasteiger partial charge is 0.466 e. The van der Waals surface area contributed by atoms with Crippen molar-refractivity contribution in [3.05, 3.63) is 20.9 Å². The van der Waals surface area contributed by atoms with Crippen LogP contribution in [0.25, 0.3) is 0 Å². The Morgan fingerprint density at radius 2 is 2.15 bits per heavy atom. The molecule has 0 radical (unpaired) electrons. The minimum Gasteiger partial charge on any atom is -0.466 e. The van der Waals surface area contributed by atoms with Crippen LogP contribution in [-0.2, 0) is 21.8 Å². The third-order valence-electron chi connectivity index (χ3n) is 2.10. The number of aromatic nitrogens is 1. The normalized spacial score (nSPS) is 11.3. The van der Waals surface area contributed by atoms with Gasteiger partial charge in [-0.3, -0.25) is 4.79 Å². The van der Waals surface area contributed by atoms with Gasteiger partial charge in [-0.15, -0.1) is 24.8 Å². The van der Waals surface area contributed by atoms with E-state index in [-0.39, 0.29) is 24.6 Å². The Morgan fingerprint density at radius 3 is 2.65 bits per heavy atom. The predicted octanol–water partition coefficient (Wildman–Crippen LogP) is 3.43. The Balaban J connectivity index is 3.09. The second kappa shape index (κ2) is 7.30. The van der Waals surface area contributed by atoms with Crippen LogP contribution in [0.3, 0.4) is 0 Å². The first-order valence-corrected chi connectivity index (χ1v) is 7.03. The fourth-order valence-electron chi connectivity index (χ4n) is 1.37. The summed E-state index contributed by atoms with van der Waals surface area (Å²) in [6, 6.07) is 1.11. The first-order chi connectivity index (χ1) is 9.26. The molecule has 1 aromatic heterocycles. The van der Waals surface area contributed by atoms with E-state index in [0.717, 1.165) is 6.07 Å². The molecule has 1 rings (SSSR count). The number of nitrogens with zero attached hydrogens (tertiary/aromatic N) is 1. The first kappa shape index (κ1) is 17.3. The molecular weight excluding hydrogens is 413 g/mol. The summed E-state index contributed by atoms with van der Waals surface area (Å²) in [6.45, 7) is 1.80. The van der Waals surface area contributed by atoms with Crippen LogP contribution in [0.2, 0.25) is 0 Å². The summed E-state index contributed by atoms with van der Waals surface area (Å²) in [5.41, 5.74) is 0.597. The van der Waals surface area contributed by atoms with Crippen LogP contribution in [0, 0.1) is 3.57 Å². The highest BCUT2D eigenvalue weighted by molar-refractivity contribution is 14.1. The number of carbonyl (C=O) groups excluding carboxylic acids is 1. The van der Waals surface area contributed by atoms with Gasteiger partial charge in [-0.25, -0.2) is 4.98 Å². The number of hydrogen-bond donors (Lipinski definition) is 0. The van der Waals surface area contributed by atoms with E-state index in [1.807, 2.05) is 22.6 Å². The van der Waals surface area contributed by atoms with Crippen molar-refractivity contribution in [3.8, 4) is 5.88 Å². The number of hydrogen-bond acceptors (Lipinski definition) is 4. The van der Waals surface area contributed by atoms with Crippen LogP contribution in [0.5, 0.6) is 5.88 Å². The average molecular weight is 424 g/mol. The van der Waals surface area contributed by atoms with Crippen molar-refractivity contribution in [2.75, 3.05) is 6.61 Å². The van der Waals surface area contributed by atoms with Crippen molar-refractivity contribution in [1.29, 1.82) is 0 Å². The van der Waals surface area contributed by atoms with Crippen molar-refractivity contribution < 1.29 is 27.4 Å². The Labute approximate surface area is 131 Å². The first-order valence-electron chi connectivity index (χ1n) is 5.42. The summed E-state index contributed by atoms with van der Waals surface area (Å²) in [5, 5.41) is 0. The Bertz CT molecular complexity index is 497. The second-order valence-electron chi connectivity index (χ2n) is 3.53. The Kier molecular flexibility index (Phi) is 6.31. The maximum absolute atomic E-state index is 12.2. The summed E-state index contributed by atoms with van der Waals surface area (Å²) < 4.78 is 45.5. The highest BCUT2D eigenvalue weighted by atomic mass is 127. The maximum Gasteiger partial charge on any atom is 0.574 e. The third kappa shape index (κ3) is 5.31. The maximum atomic E-state index is 12.2. The molecule has 0 unspecified atom stereocenters. The van der Waals surface area contributed by atoms with Crippen molar-refractivity contribution in [2.45, 2.75) is 25.6 Å². The van der Waals surface area contributed by atoms with Crippen molar-refractivity contribution >= 4 is 40.2 Å². The zero-order valence-corrected chi connectivity index (χ0v) is 13.2. The molecule has 0 aromatic carbocycles. The number of ether oxygens (including phenoxy) is 2. The average Bonchev–Trinajstić information content (AvgIpc) is 2.26. The van der Waals surface area contributed by atoms with Gasteiger partial charge in [0.25, 0.3) is 0 Å². The zero-order valence-electron chi connectivity index (χ0n) is 10.3. The van der Waals surface area contributed by atoms with E-state index >= 15 is 0 Å². The summed E-state index contributed by atoms with van der Waals surface area (Å²) >= 11 is 7.53. The molecule has 9 heteroatoms. The fourth-order valence-corrected chi connectivity index (χ4v) is 2.66. The van der Waals surface area contributed by atoms with Crippen molar-refractivity contribution in [3.63, 3.8) is 0 Å². The van der Waals surface area contributed by atoms with E-state index in [1.165, 1.54) is 0 Å². The molecule has 20 heavy (non-hydrogen) atoms. The lowest BCUT2D eigenvalue weighted by Crippen LogP contribution is -2.19. The highest BCUT2D eigenvalue weighted by Gasteiger charge is 2.32. The highest BCUT2D eigenvalue weighted by Crippen LogP contribution is 2.27. The molecular formula is C11H10ClF3INO3. The van der Waals surface area contributed by atoms with Gasteiger partial charge in [0.1, 0.15) is 0 Å². The van der Waals surface area contributed by atoms with Crippen LogP contribution in [0.1, 0.15) is 18.2 Å². The molecule has 1 heterocycles. The SMILES string of the molecule is CCOC(=O)Cc1nc(OC(F)(F)F)cc(I)c1CCl. The van der Waals surface area contributed by atoms with E-state index in [2.05, 4.69) is 9.72 Å². The third-order valence-corrected chi connectivity index (χ3v) is 3.33. The van der Waals surface area contributed by atoms with Crippen LogP contribution in [0.15, 0.2) is 6.07 Å². The molecule has 0 aliphatic heterocycles. The topological polar surface area (TPSA) is 48.4 Å². The molecule has 4 nitrogen and oxygen atoms in total. The molecule has 0 aliphatic rings. The van der Waals surface area contributed by atoms with Gasteiger partial charge in [-0.1, -0.05) is 0 Å². The largest absolute Gasteiger partial charge is 0.574 e. The second-order valence-corrected chi connectivity index (χ2v) is 4.96. The number of carbonyl (C=O) groups is 1. The summed E-state index contributed by atoms with van der Waals surface area (Å²) in [7, 11) is 0. The van der Waals surface area contributed by atoms with Gasteiger partial charge in [0.15, 0.2) is 0 Å². The minimum atomic E-state index is -4.85. The van der Waals surface area contributed by atoms with Crippen molar-refractivity contribution in [2.24, 2.45) is 0 Å². The summed E-state index contributed by atoms with van der Waals surface area (Å²) in [4.78, 5) is 15.1. The van der Waals surface area contributed by atoms with E-state index in [9.17, 15) is 18.0 Å². The molecule has 0 saturated heterocycles. The van der Waals surface area contributed by atoms with Crippen LogP contribution in [0.4, 0.5) is 13.2 Å². The van der Waals surface area contributed by atoms with Crippen LogP contribution in [-0.4, -0.2) is 23.9 Å². The van der Waals surface area contributed by atoms with Gasteiger partial charge in [-0.2, -0.15) is 0 Å². The van der Waals surface area contributed by atoms with Crippen LogP contribution < -0.4 is 4.74 Å². The molecule has 0 aliphatic carbocycles. The summed E-state index contributed by atoms with van der Waals surface area (Å²) in [5.74, 6) is -1.20. The molecule has 0 amide bonds. The lowest BCUT2D eigenvalue weighted by molar-refractivity contribution is -0.276. The number of rotatable bonds is 5. The van der Waals surface area contributed by atoms with E-state index in [0.29, 0.717) is 9.13 Å². The minimum absolute atomic E-state index is 0.0201. The lowest BCUT2D eigenvalue weighted by Gasteiger charge is -2.13. The molecule has 0 fully saturated rings. The molecule has 0 bridgehead atoms.